The molecule has 22 heavy (non-hydrogen) atoms. The molecule has 0 amide bonds. The molecule has 0 aromatic heterocycles. The first kappa shape index (κ1) is 19.1. The van der Waals surface area contributed by atoms with E-state index in [2.05, 4.69) is 5.32 Å². The van der Waals surface area contributed by atoms with E-state index in [1.54, 1.807) is 24.3 Å². The van der Waals surface area contributed by atoms with Gasteiger partial charge in [0.2, 0.25) is 0 Å². The number of anilines is 2. The van der Waals surface area contributed by atoms with Crippen molar-refractivity contribution in [2.45, 2.75) is 6.42 Å². The van der Waals surface area contributed by atoms with Crippen molar-refractivity contribution in [2.24, 2.45) is 0 Å². The molecule has 7 N–H and O–H groups in total. The van der Waals surface area contributed by atoms with Gasteiger partial charge in [0.15, 0.2) is 0 Å². The van der Waals surface area contributed by atoms with Gasteiger partial charge in [0, 0.05) is 24.5 Å². The summed E-state index contributed by atoms with van der Waals surface area (Å²) in [6.45, 7) is 0.640. The van der Waals surface area contributed by atoms with Gasteiger partial charge < -0.3 is 30.6 Å². The number of nitrogens with two attached hydrogens (primary N) is 1. The third kappa shape index (κ3) is 9.17. The van der Waals surface area contributed by atoms with Crippen LogP contribution in [0, 0.1) is 0 Å². The smallest absolute Gasteiger partial charge is 0.339 e. The van der Waals surface area contributed by atoms with Gasteiger partial charge in [-0.15, -0.1) is 0 Å². The Balaban J connectivity index is 2.44. The maximum atomic E-state index is 11.0. The van der Waals surface area contributed by atoms with Crippen LogP contribution in [0.1, 0.15) is 6.42 Å². The first-order valence-electron chi connectivity index (χ1n) is 6.46. The summed E-state index contributed by atoms with van der Waals surface area (Å²) < 4.78 is 22.0. The van der Waals surface area contributed by atoms with E-state index in [1.165, 1.54) is 0 Å². The zero-order chi connectivity index (χ0) is 16.8. The second-order valence-corrected chi connectivity index (χ2v) is 8.13. The van der Waals surface area contributed by atoms with E-state index in [-0.39, 0.29) is 6.54 Å². The van der Waals surface area contributed by atoms with E-state index < -0.39 is 27.8 Å². The molecule has 0 aliphatic carbocycles. The average molecular weight is 353 g/mol. The Bertz CT molecular complexity index is 531. The highest BCUT2D eigenvalue weighted by molar-refractivity contribution is 7.52. The van der Waals surface area contributed by atoms with Crippen LogP contribution in [0.15, 0.2) is 24.3 Å². The van der Waals surface area contributed by atoms with Gasteiger partial charge in [0.1, 0.15) is 12.6 Å². The first-order valence-corrected chi connectivity index (χ1v) is 10.1. The normalized spacial score (nSPS) is 12.6. The molecule has 0 saturated heterocycles. The van der Waals surface area contributed by atoms with E-state index in [0.29, 0.717) is 18.7 Å². The second-order valence-electron chi connectivity index (χ2n) is 4.91. The molecule has 9 nitrogen and oxygen atoms in total. The molecule has 0 spiro atoms. The van der Waals surface area contributed by atoms with Crippen LogP contribution in [0.4, 0.5) is 11.4 Å². The zero-order valence-electron chi connectivity index (χ0n) is 11.9. The van der Waals surface area contributed by atoms with E-state index in [9.17, 15) is 9.13 Å². The lowest BCUT2D eigenvalue weighted by Crippen LogP contribution is -2.28. The van der Waals surface area contributed by atoms with Gasteiger partial charge in [-0.1, -0.05) is 0 Å². The predicted octanol–water partition coefficient (Wildman–Crippen LogP) is 0.643. The minimum atomic E-state index is -4.37. The van der Waals surface area contributed by atoms with Crippen molar-refractivity contribution in [3.8, 4) is 0 Å². The molecular weight excluding hydrogens is 332 g/mol. The van der Waals surface area contributed by atoms with Crippen molar-refractivity contribution >= 4 is 26.6 Å². The largest absolute Gasteiger partial charge is 0.399 e. The quantitative estimate of drug-likeness (QED) is 0.213. The molecule has 0 aliphatic heterocycles. The lowest BCUT2D eigenvalue weighted by Gasteiger charge is -2.23. The summed E-state index contributed by atoms with van der Waals surface area (Å²) in [6, 6.07) is 7.04. The van der Waals surface area contributed by atoms with E-state index in [1.807, 2.05) is 0 Å². The number of nitrogens with zero attached hydrogens (tertiary/aromatic N) is 1. The third-order valence-corrected chi connectivity index (χ3v) is 4.20. The van der Waals surface area contributed by atoms with Gasteiger partial charge in [-0.3, -0.25) is 14.0 Å². The van der Waals surface area contributed by atoms with Crippen molar-refractivity contribution < 1.29 is 28.7 Å². The minimum absolute atomic E-state index is 0.151. The first-order chi connectivity index (χ1) is 10.1. The van der Waals surface area contributed by atoms with Crippen LogP contribution in [0.2, 0.25) is 0 Å². The van der Waals surface area contributed by atoms with Gasteiger partial charge in [0.25, 0.3) is 0 Å². The molecule has 11 heteroatoms. The van der Waals surface area contributed by atoms with Crippen molar-refractivity contribution in [1.82, 2.24) is 4.90 Å². The molecule has 126 valence electrons. The molecule has 0 atom stereocenters. The van der Waals surface area contributed by atoms with Crippen LogP contribution in [0.5, 0.6) is 0 Å². The van der Waals surface area contributed by atoms with E-state index in [0.717, 1.165) is 10.6 Å². The van der Waals surface area contributed by atoms with Crippen LogP contribution in [0.3, 0.4) is 0 Å². The van der Waals surface area contributed by atoms with Crippen LogP contribution in [-0.4, -0.2) is 50.1 Å². The summed E-state index contributed by atoms with van der Waals surface area (Å²) in [7, 11) is -8.74. The molecule has 0 aliphatic rings. The number of nitrogens with one attached hydrogen (secondary N) is 1. The number of rotatable bonds is 9. The van der Waals surface area contributed by atoms with Gasteiger partial charge >= 0.3 is 15.2 Å². The Hall–Kier alpha value is -0.920. The van der Waals surface area contributed by atoms with Crippen molar-refractivity contribution in [1.29, 1.82) is 0 Å². The predicted molar refractivity (Wildman–Crippen MR) is 84.5 cm³/mol. The molecule has 0 fully saturated rings. The average Bonchev–Trinajstić information content (AvgIpc) is 2.32. The Labute approximate surface area is 128 Å². The summed E-state index contributed by atoms with van der Waals surface area (Å²) in [5, 5.41) is 3.08. The fourth-order valence-electron chi connectivity index (χ4n) is 1.84. The topological polar surface area (TPSA) is 156 Å². The number of hydrogen-bond donors (Lipinski definition) is 6. The molecule has 1 aromatic rings. The monoisotopic (exact) mass is 353 g/mol. The third-order valence-electron chi connectivity index (χ3n) is 2.66. The molecule has 1 rings (SSSR count). The maximum absolute atomic E-state index is 11.0. The van der Waals surface area contributed by atoms with Crippen molar-refractivity contribution in [2.75, 3.05) is 36.7 Å². The number of hydrogen-bond acceptors (Lipinski definition) is 5. The van der Waals surface area contributed by atoms with Crippen LogP contribution < -0.4 is 11.1 Å². The highest BCUT2D eigenvalue weighted by Gasteiger charge is 2.25. The fraction of sp³-hybridized carbons (Fsp3) is 0.455. The highest BCUT2D eigenvalue weighted by Crippen LogP contribution is 2.40. The summed E-state index contributed by atoms with van der Waals surface area (Å²) in [6.07, 6.45) is -0.898. The summed E-state index contributed by atoms with van der Waals surface area (Å²) in [5.74, 6) is 0. The van der Waals surface area contributed by atoms with Gasteiger partial charge in [-0.25, -0.2) is 0 Å². The van der Waals surface area contributed by atoms with Gasteiger partial charge in [-0.2, -0.15) is 0 Å². The lowest BCUT2D eigenvalue weighted by molar-refractivity contribution is 0.277. The molecule has 0 unspecified atom stereocenters. The molecule has 0 bridgehead atoms. The van der Waals surface area contributed by atoms with Gasteiger partial charge in [0.05, 0.1) is 0 Å². The minimum Gasteiger partial charge on any atom is -0.399 e. The molecular formula is C11H21N3O6P2. The summed E-state index contributed by atoms with van der Waals surface area (Å²) >= 11 is 0. The summed E-state index contributed by atoms with van der Waals surface area (Å²) in [5.41, 5.74) is 7.03. The Kier molecular flexibility index (Phi) is 7.02. The maximum Gasteiger partial charge on any atom is 0.339 e. The Morgan fingerprint density at radius 1 is 1.00 bits per heavy atom. The fourth-order valence-corrected chi connectivity index (χ4v) is 3.53. The molecule has 0 heterocycles. The second kappa shape index (κ2) is 8.08. The van der Waals surface area contributed by atoms with E-state index in [4.69, 9.17) is 25.3 Å². The standard InChI is InChI=1S/C11H21N3O6P2/c12-10-2-4-11(5-3-10)13-6-1-7-14(8-21(15,16)17)9-22(18,19)20/h2-5,13H,1,6-9,12H2,(H2,15,16,17)(H2,18,19,20). The number of nitrogen functional groups attached to an aromatic ring is 1. The molecule has 0 saturated carbocycles. The van der Waals surface area contributed by atoms with Crippen molar-refractivity contribution in [3.63, 3.8) is 0 Å². The zero-order valence-corrected chi connectivity index (χ0v) is 13.7. The Morgan fingerprint density at radius 3 is 1.95 bits per heavy atom. The molecule has 0 radical (unpaired) electrons. The Morgan fingerprint density at radius 2 is 1.50 bits per heavy atom. The van der Waals surface area contributed by atoms with Crippen LogP contribution in [-0.2, 0) is 9.13 Å². The van der Waals surface area contributed by atoms with E-state index >= 15 is 0 Å². The van der Waals surface area contributed by atoms with Crippen LogP contribution >= 0.6 is 15.2 Å². The summed E-state index contributed by atoms with van der Waals surface area (Å²) in [4.78, 5) is 36.8. The number of benzene rings is 1. The van der Waals surface area contributed by atoms with Crippen LogP contribution in [0.25, 0.3) is 0 Å². The molecule has 1 aromatic carbocycles. The van der Waals surface area contributed by atoms with Gasteiger partial charge in [-0.05, 0) is 30.7 Å². The SMILES string of the molecule is Nc1ccc(NCCCN(CP(=O)(O)O)CP(=O)(O)O)cc1. The lowest BCUT2D eigenvalue weighted by atomic mass is 10.3. The highest BCUT2D eigenvalue weighted by atomic mass is 31.2. The van der Waals surface area contributed by atoms with Crippen molar-refractivity contribution in [3.05, 3.63) is 24.3 Å².